The number of aromatic nitrogens is 5. The minimum atomic E-state index is 0.198. The molecule has 1 saturated heterocycles. The van der Waals surface area contributed by atoms with Crippen molar-refractivity contribution >= 4 is 23.5 Å². The Labute approximate surface area is 120 Å². The summed E-state index contributed by atoms with van der Waals surface area (Å²) in [6, 6.07) is 0. The summed E-state index contributed by atoms with van der Waals surface area (Å²) in [5, 5.41) is 7.02. The topological polar surface area (TPSA) is 92.9 Å². The Morgan fingerprint density at radius 3 is 2.85 bits per heavy atom. The average Bonchev–Trinajstić information content (AvgIpc) is 3.11. The number of nitrogens with one attached hydrogen (secondary N) is 1. The molecule has 8 nitrogen and oxygen atoms in total. The van der Waals surface area contributed by atoms with Crippen LogP contribution in [0.2, 0.25) is 5.28 Å². The molecular formula is C11H14ClN7O. The SMILES string of the molecule is Clc1nc(NCCc2ncon2)nc(N2CCCC2)n1. The number of anilines is 2. The lowest BCUT2D eigenvalue weighted by Crippen LogP contribution is -2.21. The van der Waals surface area contributed by atoms with Gasteiger partial charge in [0, 0.05) is 26.1 Å². The maximum Gasteiger partial charge on any atom is 0.231 e. The summed E-state index contributed by atoms with van der Waals surface area (Å²) in [6.45, 7) is 2.52. The van der Waals surface area contributed by atoms with E-state index < -0.39 is 0 Å². The van der Waals surface area contributed by atoms with Crippen molar-refractivity contribution in [2.24, 2.45) is 0 Å². The lowest BCUT2D eigenvalue weighted by Gasteiger charge is -2.15. The van der Waals surface area contributed by atoms with Gasteiger partial charge < -0.3 is 14.7 Å². The summed E-state index contributed by atoms with van der Waals surface area (Å²) >= 11 is 5.94. The molecule has 0 aromatic carbocycles. The summed E-state index contributed by atoms with van der Waals surface area (Å²) in [6.07, 6.45) is 4.24. The molecule has 0 aliphatic carbocycles. The zero-order chi connectivity index (χ0) is 13.8. The number of rotatable bonds is 5. The van der Waals surface area contributed by atoms with E-state index in [2.05, 4.69) is 39.8 Å². The van der Waals surface area contributed by atoms with Crippen LogP contribution < -0.4 is 10.2 Å². The van der Waals surface area contributed by atoms with E-state index >= 15 is 0 Å². The van der Waals surface area contributed by atoms with Crippen LogP contribution in [0.1, 0.15) is 18.7 Å². The smallest absolute Gasteiger partial charge is 0.231 e. The molecule has 0 unspecified atom stereocenters. The average molecular weight is 296 g/mol. The third-order valence-electron chi connectivity index (χ3n) is 3.02. The standard InChI is InChI=1S/C11H14ClN7O/c12-9-15-10(13-4-3-8-14-7-20-18-8)17-11(16-9)19-5-1-2-6-19/h7H,1-6H2,(H,13,15,16,17). The molecule has 106 valence electrons. The van der Waals surface area contributed by atoms with Gasteiger partial charge in [0.15, 0.2) is 5.82 Å². The first-order chi connectivity index (χ1) is 9.81. The summed E-state index contributed by atoms with van der Waals surface area (Å²) in [4.78, 5) is 18.7. The van der Waals surface area contributed by atoms with Crippen LogP contribution in [-0.4, -0.2) is 44.7 Å². The zero-order valence-electron chi connectivity index (χ0n) is 10.8. The predicted molar refractivity (Wildman–Crippen MR) is 72.8 cm³/mol. The maximum absolute atomic E-state index is 5.94. The Hall–Kier alpha value is -1.96. The van der Waals surface area contributed by atoms with Crippen LogP contribution in [0.25, 0.3) is 0 Å². The molecule has 3 heterocycles. The molecule has 0 atom stereocenters. The van der Waals surface area contributed by atoms with Crippen molar-refractivity contribution in [3.05, 3.63) is 17.5 Å². The molecule has 0 radical (unpaired) electrons. The molecule has 0 spiro atoms. The van der Waals surface area contributed by atoms with Crippen LogP contribution in [0.15, 0.2) is 10.9 Å². The minimum Gasteiger partial charge on any atom is -0.354 e. The Morgan fingerprint density at radius 1 is 1.25 bits per heavy atom. The Bertz CT molecular complexity index is 556. The molecule has 2 aromatic rings. The van der Waals surface area contributed by atoms with Crippen LogP contribution in [0, 0.1) is 0 Å². The Morgan fingerprint density at radius 2 is 2.10 bits per heavy atom. The predicted octanol–water partition coefficient (Wildman–Crippen LogP) is 1.16. The zero-order valence-corrected chi connectivity index (χ0v) is 11.5. The van der Waals surface area contributed by atoms with Crippen LogP contribution >= 0.6 is 11.6 Å². The summed E-state index contributed by atoms with van der Waals surface area (Å²) in [7, 11) is 0. The Kier molecular flexibility index (Phi) is 3.91. The molecule has 0 bridgehead atoms. The highest BCUT2D eigenvalue weighted by Crippen LogP contribution is 2.18. The van der Waals surface area contributed by atoms with Crippen molar-refractivity contribution in [3.8, 4) is 0 Å². The van der Waals surface area contributed by atoms with Crippen LogP contribution in [-0.2, 0) is 6.42 Å². The fourth-order valence-electron chi connectivity index (χ4n) is 2.07. The lowest BCUT2D eigenvalue weighted by atomic mass is 10.4. The molecule has 1 N–H and O–H groups in total. The van der Waals surface area contributed by atoms with Gasteiger partial charge in [-0.3, -0.25) is 0 Å². The number of hydrogen-bond donors (Lipinski definition) is 1. The summed E-state index contributed by atoms with van der Waals surface area (Å²) in [5.41, 5.74) is 0. The van der Waals surface area contributed by atoms with Gasteiger partial charge in [-0.2, -0.15) is 19.9 Å². The largest absolute Gasteiger partial charge is 0.354 e. The number of hydrogen-bond acceptors (Lipinski definition) is 8. The summed E-state index contributed by atoms with van der Waals surface area (Å²) < 4.78 is 4.67. The second-order valence-electron chi connectivity index (χ2n) is 4.45. The van der Waals surface area contributed by atoms with Crippen molar-refractivity contribution in [2.45, 2.75) is 19.3 Å². The quantitative estimate of drug-likeness (QED) is 0.878. The van der Waals surface area contributed by atoms with E-state index in [1.807, 2.05) is 0 Å². The first kappa shape index (κ1) is 13.0. The molecule has 20 heavy (non-hydrogen) atoms. The third-order valence-corrected chi connectivity index (χ3v) is 3.19. The van der Waals surface area contributed by atoms with Crippen LogP contribution in [0.3, 0.4) is 0 Å². The first-order valence-electron chi connectivity index (χ1n) is 6.47. The van der Waals surface area contributed by atoms with E-state index in [1.54, 1.807) is 0 Å². The molecule has 1 aliphatic heterocycles. The van der Waals surface area contributed by atoms with Gasteiger partial charge in [-0.25, -0.2) is 0 Å². The lowest BCUT2D eigenvalue weighted by molar-refractivity contribution is 0.410. The highest BCUT2D eigenvalue weighted by molar-refractivity contribution is 6.28. The molecule has 3 rings (SSSR count). The van der Waals surface area contributed by atoms with E-state index in [9.17, 15) is 0 Å². The minimum absolute atomic E-state index is 0.198. The summed E-state index contributed by atoms with van der Waals surface area (Å²) in [5.74, 6) is 1.73. The van der Waals surface area contributed by atoms with E-state index in [1.165, 1.54) is 6.39 Å². The van der Waals surface area contributed by atoms with Gasteiger partial charge in [0.1, 0.15) is 0 Å². The van der Waals surface area contributed by atoms with Gasteiger partial charge in [-0.15, -0.1) is 0 Å². The van der Waals surface area contributed by atoms with Crippen molar-refractivity contribution in [2.75, 3.05) is 29.9 Å². The fourth-order valence-corrected chi connectivity index (χ4v) is 2.22. The maximum atomic E-state index is 5.94. The molecule has 1 aliphatic rings. The van der Waals surface area contributed by atoms with E-state index in [-0.39, 0.29) is 5.28 Å². The van der Waals surface area contributed by atoms with Gasteiger partial charge in [0.05, 0.1) is 0 Å². The van der Waals surface area contributed by atoms with Gasteiger partial charge in [0.25, 0.3) is 0 Å². The second-order valence-corrected chi connectivity index (χ2v) is 4.78. The van der Waals surface area contributed by atoms with E-state index in [4.69, 9.17) is 11.6 Å². The van der Waals surface area contributed by atoms with Gasteiger partial charge >= 0.3 is 0 Å². The first-order valence-corrected chi connectivity index (χ1v) is 6.85. The van der Waals surface area contributed by atoms with Crippen molar-refractivity contribution in [1.29, 1.82) is 0 Å². The van der Waals surface area contributed by atoms with E-state index in [0.29, 0.717) is 30.7 Å². The third kappa shape index (κ3) is 3.13. The normalized spacial score (nSPS) is 14.8. The monoisotopic (exact) mass is 295 g/mol. The van der Waals surface area contributed by atoms with Gasteiger partial charge in [-0.05, 0) is 24.4 Å². The number of nitrogens with zero attached hydrogens (tertiary/aromatic N) is 6. The van der Waals surface area contributed by atoms with Crippen LogP contribution in [0.4, 0.5) is 11.9 Å². The van der Waals surface area contributed by atoms with Gasteiger partial charge in [-0.1, -0.05) is 5.16 Å². The highest BCUT2D eigenvalue weighted by atomic mass is 35.5. The Balaban J connectivity index is 1.63. The van der Waals surface area contributed by atoms with Gasteiger partial charge in [0.2, 0.25) is 23.6 Å². The van der Waals surface area contributed by atoms with E-state index in [0.717, 1.165) is 25.9 Å². The second kappa shape index (κ2) is 6.00. The van der Waals surface area contributed by atoms with Crippen molar-refractivity contribution in [1.82, 2.24) is 25.1 Å². The number of halogens is 1. The van der Waals surface area contributed by atoms with Crippen molar-refractivity contribution in [3.63, 3.8) is 0 Å². The molecule has 9 heteroatoms. The van der Waals surface area contributed by atoms with Crippen LogP contribution in [0.5, 0.6) is 0 Å². The molecule has 2 aromatic heterocycles. The fraction of sp³-hybridized carbons (Fsp3) is 0.545. The molecular weight excluding hydrogens is 282 g/mol. The highest BCUT2D eigenvalue weighted by Gasteiger charge is 2.16. The molecule has 0 saturated carbocycles. The molecule has 0 amide bonds. The van der Waals surface area contributed by atoms with Crippen molar-refractivity contribution < 1.29 is 4.52 Å². The molecule has 1 fully saturated rings.